The fourth-order valence-electron chi connectivity index (χ4n) is 1.14. The van der Waals surface area contributed by atoms with Crippen molar-refractivity contribution in [1.29, 1.82) is 0 Å². The smallest absolute Gasteiger partial charge is 0.294 e. The number of carbonyl (C=O) groups is 1. The molecule has 0 heterocycles. The van der Waals surface area contributed by atoms with E-state index in [2.05, 4.69) is 15.9 Å². The molecule has 0 bridgehead atoms. The number of benzene rings is 1. The number of nitro groups is 1. The van der Waals surface area contributed by atoms with E-state index in [9.17, 15) is 14.9 Å². The van der Waals surface area contributed by atoms with Crippen molar-refractivity contribution in [3.05, 3.63) is 32.3 Å². The summed E-state index contributed by atoms with van der Waals surface area (Å²) in [5.41, 5.74) is 5.47. The van der Waals surface area contributed by atoms with Crippen LogP contribution in [-0.4, -0.2) is 29.8 Å². The van der Waals surface area contributed by atoms with Gasteiger partial charge in [-0.25, -0.2) is 0 Å². The summed E-state index contributed by atoms with van der Waals surface area (Å²) in [5.74, 6) is -0.316. The van der Waals surface area contributed by atoms with Crippen LogP contribution < -0.4 is 5.73 Å². The van der Waals surface area contributed by atoms with E-state index in [1.54, 1.807) is 14.1 Å². The number of nitrogens with two attached hydrogens (primary N) is 1. The maximum atomic E-state index is 11.6. The third-order valence-corrected chi connectivity index (χ3v) is 2.61. The third kappa shape index (κ3) is 2.30. The summed E-state index contributed by atoms with van der Waals surface area (Å²) in [6.07, 6.45) is 0. The molecule has 2 N–H and O–H groups in total. The normalized spacial score (nSPS) is 9.94. The Morgan fingerprint density at radius 3 is 2.50 bits per heavy atom. The Bertz CT molecular complexity index is 460. The molecule has 7 heteroatoms. The van der Waals surface area contributed by atoms with Crippen molar-refractivity contribution in [2.24, 2.45) is 0 Å². The number of hydrogen-bond donors (Lipinski definition) is 1. The van der Waals surface area contributed by atoms with Crippen molar-refractivity contribution in [2.45, 2.75) is 0 Å². The Hall–Kier alpha value is -1.63. The second-order valence-corrected chi connectivity index (χ2v) is 4.20. The van der Waals surface area contributed by atoms with Crippen LogP contribution in [0.3, 0.4) is 0 Å². The van der Waals surface area contributed by atoms with E-state index >= 15 is 0 Å². The number of hydrogen-bond acceptors (Lipinski definition) is 4. The number of amides is 1. The van der Waals surface area contributed by atoms with Gasteiger partial charge in [0.1, 0.15) is 5.69 Å². The molecular formula is C9H10BrN3O3. The van der Waals surface area contributed by atoms with Gasteiger partial charge in [0, 0.05) is 30.2 Å². The van der Waals surface area contributed by atoms with Gasteiger partial charge in [0.25, 0.3) is 11.6 Å². The number of nitrogens with zero attached hydrogens (tertiary/aromatic N) is 2. The molecule has 1 rings (SSSR count). The standard InChI is InChI=1S/C9H10BrN3O3/c1-12(2)9(14)5-3-6(10)8(11)7(4-5)13(15)16/h3-4H,11H2,1-2H3. The highest BCUT2D eigenvalue weighted by molar-refractivity contribution is 9.10. The van der Waals surface area contributed by atoms with Crippen LogP contribution in [0, 0.1) is 10.1 Å². The predicted octanol–water partition coefficient (Wildman–Crippen LogP) is 1.64. The molecule has 16 heavy (non-hydrogen) atoms. The van der Waals surface area contributed by atoms with E-state index in [1.165, 1.54) is 17.0 Å². The first kappa shape index (κ1) is 12.4. The number of halogens is 1. The fraction of sp³-hybridized carbons (Fsp3) is 0.222. The largest absolute Gasteiger partial charge is 0.392 e. The van der Waals surface area contributed by atoms with Crippen LogP contribution in [0.5, 0.6) is 0 Å². The lowest BCUT2D eigenvalue weighted by Crippen LogP contribution is -2.21. The molecule has 0 radical (unpaired) electrons. The molecule has 0 saturated carbocycles. The van der Waals surface area contributed by atoms with Gasteiger partial charge in [-0.3, -0.25) is 14.9 Å². The number of anilines is 1. The van der Waals surface area contributed by atoms with E-state index in [0.29, 0.717) is 4.47 Å². The average Bonchev–Trinajstić information content (AvgIpc) is 2.20. The minimum absolute atomic E-state index is 0.0142. The van der Waals surface area contributed by atoms with Crippen molar-refractivity contribution >= 4 is 33.2 Å². The molecule has 0 aliphatic rings. The van der Waals surface area contributed by atoms with Gasteiger partial charge in [-0.1, -0.05) is 0 Å². The SMILES string of the molecule is CN(C)C(=O)c1cc(Br)c(N)c([N+](=O)[O-])c1. The average molecular weight is 288 g/mol. The first-order chi connectivity index (χ1) is 7.34. The van der Waals surface area contributed by atoms with Gasteiger partial charge >= 0.3 is 0 Å². The molecule has 0 aliphatic carbocycles. The molecule has 0 unspecified atom stereocenters. The topological polar surface area (TPSA) is 89.5 Å². The maximum Gasteiger partial charge on any atom is 0.294 e. The maximum absolute atomic E-state index is 11.6. The molecule has 0 aliphatic heterocycles. The molecular weight excluding hydrogens is 278 g/mol. The molecule has 0 aromatic heterocycles. The molecule has 0 spiro atoms. The van der Waals surface area contributed by atoms with E-state index in [1.807, 2.05) is 0 Å². The van der Waals surface area contributed by atoms with Gasteiger partial charge in [-0.15, -0.1) is 0 Å². The van der Waals surface area contributed by atoms with Gasteiger partial charge < -0.3 is 10.6 Å². The summed E-state index contributed by atoms with van der Waals surface area (Å²) in [4.78, 5) is 23.0. The Labute approximate surface area is 100 Å². The number of carbonyl (C=O) groups excluding carboxylic acids is 1. The Kier molecular flexibility index (Phi) is 3.48. The van der Waals surface area contributed by atoms with Gasteiger partial charge in [0.15, 0.2) is 0 Å². The summed E-state index contributed by atoms with van der Waals surface area (Å²) >= 11 is 3.08. The highest BCUT2D eigenvalue weighted by Gasteiger charge is 2.19. The zero-order valence-corrected chi connectivity index (χ0v) is 10.3. The van der Waals surface area contributed by atoms with Crippen LogP contribution in [0.25, 0.3) is 0 Å². The monoisotopic (exact) mass is 287 g/mol. The summed E-state index contributed by atoms with van der Waals surface area (Å²) in [7, 11) is 3.14. The lowest BCUT2D eigenvalue weighted by molar-refractivity contribution is -0.384. The van der Waals surface area contributed by atoms with E-state index < -0.39 is 4.92 Å². The quantitative estimate of drug-likeness (QED) is 0.509. The van der Waals surface area contributed by atoms with Crippen LogP contribution in [0.4, 0.5) is 11.4 Å². The van der Waals surface area contributed by atoms with Gasteiger partial charge in [0.05, 0.1) is 4.92 Å². The molecule has 1 aromatic rings. The van der Waals surface area contributed by atoms with Crippen molar-refractivity contribution in [3.8, 4) is 0 Å². The van der Waals surface area contributed by atoms with Crippen molar-refractivity contribution in [2.75, 3.05) is 19.8 Å². The van der Waals surface area contributed by atoms with Gasteiger partial charge in [-0.05, 0) is 22.0 Å². The zero-order chi connectivity index (χ0) is 12.5. The molecule has 1 aromatic carbocycles. The minimum atomic E-state index is -0.619. The summed E-state index contributed by atoms with van der Waals surface area (Å²) < 4.78 is 0.340. The number of rotatable bonds is 2. The van der Waals surface area contributed by atoms with Crippen LogP contribution in [0.1, 0.15) is 10.4 Å². The van der Waals surface area contributed by atoms with Gasteiger partial charge in [-0.2, -0.15) is 0 Å². The zero-order valence-electron chi connectivity index (χ0n) is 8.73. The molecule has 86 valence electrons. The summed E-state index contributed by atoms with van der Waals surface area (Å²) in [5, 5.41) is 10.7. The van der Waals surface area contributed by atoms with Crippen LogP contribution in [0.2, 0.25) is 0 Å². The fourth-order valence-corrected chi connectivity index (χ4v) is 1.59. The molecule has 6 nitrogen and oxygen atoms in total. The first-order valence-corrected chi connectivity index (χ1v) is 5.09. The predicted molar refractivity (Wildman–Crippen MR) is 63.2 cm³/mol. The van der Waals surface area contributed by atoms with E-state index in [-0.39, 0.29) is 22.8 Å². The Balaban J connectivity index is 3.35. The highest BCUT2D eigenvalue weighted by Crippen LogP contribution is 2.31. The molecule has 0 atom stereocenters. The highest BCUT2D eigenvalue weighted by atomic mass is 79.9. The van der Waals surface area contributed by atoms with Crippen molar-refractivity contribution < 1.29 is 9.72 Å². The summed E-state index contributed by atoms with van der Waals surface area (Å²) in [6, 6.07) is 2.63. The lowest BCUT2D eigenvalue weighted by Gasteiger charge is -2.11. The second-order valence-electron chi connectivity index (χ2n) is 3.35. The summed E-state index contributed by atoms with van der Waals surface area (Å²) in [6.45, 7) is 0. The molecule has 1 amide bonds. The van der Waals surface area contributed by atoms with Gasteiger partial charge in [0.2, 0.25) is 0 Å². The third-order valence-electron chi connectivity index (χ3n) is 1.96. The lowest BCUT2D eigenvalue weighted by atomic mass is 10.1. The second kappa shape index (κ2) is 4.48. The minimum Gasteiger partial charge on any atom is -0.392 e. The van der Waals surface area contributed by atoms with Crippen molar-refractivity contribution in [1.82, 2.24) is 4.90 Å². The number of nitrogen functional groups attached to an aromatic ring is 1. The van der Waals surface area contributed by atoms with Crippen LogP contribution in [-0.2, 0) is 0 Å². The van der Waals surface area contributed by atoms with Crippen molar-refractivity contribution in [3.63, 3.8) is 0 Å². The van der Waals surface area contributed by atoms with E-state index in [4.69, 9.17) is 5.73 Å². The van der Waals surface area contributed by atoms with Crippen LogP contribution >= 0.6 is 15.9 Å². The molecule has 0 saturated heterocycles. The van der Waals surface area contributed by atoms with Crippen LogP contribution in [0.15, 0.2) is 16.6 Å². The first-order valence-electron chi connectivity index (χ1n) is 4.29. The molecule has 0 fully saturated rings. The number of nitro benzene ring substituents is 1. The van der Waals surface area contributed by atoms with E-state index in [0.717, 1.165) is 0 Å². The Morgan fingerprint density at radius 2 is 2.06 bits per heavy atom. The Morgan fingerprint density at radius 1 is 1.50 bits per heavy atom.